The van der Waals surface area contributed by atoms with Gasteiger partial charge in [0.15, 0.2) is 0 Å². The molecule has 0 radical (unpaired) electrons. The molecule has 0 fully saturated rings. The zero-order chi connectivity index (χ0) is 13.1. The number of halogens is 2. The maximum Gasteiger partial charge on any atom is 0.264 e. The number of carbonyl (C=O) groups is 1. The number of rotatable bonds is 5. The molecular formula is C8H8Cl2N2O4S. The molecule has 0 aliphatic heterocycles. The molecule has 0 aliphatic rings. The molecule has 17 heavy (non-hydrogen) atoms. The topological polar surface area (TPSA) is 98.5 Å². The van der Waals surface area contributed by atoms with Crippen LogP contribution in [0.4, 0.5) is 0 Å². The lowest BCUT2D eigenvalue weighted by molar-refractivity contribution is -0.123. The third-order valence-electron chi connectivity index (χ3n) is 1.57. The van der Waals surface area contributed by atoms with Crippen LogP contribution in [-0.4, -0.2) is 20.9 Å². The van der Waals surface area contributed by atoms with Gasteiger partial charge in [-0.2, -0.15) is 0 Å². The van der Waals surface area contributed by atoms with Gasteiger partial charge in [0, 0.05) is 5.02 Å². The largest absolute Gasteiger partial charge is 0.368 e. The molecular weight excluding hydrogens is 291 g/mol. The van der Waals surface area contributed by atoms with Crippen LogP contribution in [-0.2, 0) is 19.7 Å². The van der Waals surface area contributed by atoms with E-state index in [1.165, 1.54) is 12.1 Å². The summed E-state index contributed by atoms with van der Waals surface area (Å²) in [6, 6.07) is 3.92. The third-order valence-corrected chi connectivity index (χ3v) is 3.50. The van der Waals surface area contributed by atoms with E-state index in [4.69, 9.17) is 28.9 Å². The molecule has 0 bridgehead atoms. The van der Waals surface area contributed by atoms with Gasteiger partial charge in [0.25, 0.3) is 10.0 Å². The Hall–Kier alpha value is -0.860. The van der Waals surface area contributed by atoms with Gasteiger partial charge in [-0.3, -0.25) is 9.63 Å². The SMILES string of the molecule is NC(=O)CONS(=O)(=O)c1cc(Cl)ccc1Cl. The summed E-state index contributed by atoms with van der Waals surface area (Å²) in [5.41, 5.74) is 4.77. The fourth-order valence-corrected chi connectivity index (χ4v) is 2.48. The van der Waals surface area contributed by atoms with Gasteiger partial charge >= 0.3 is 0 Å². The Morgan fingerprint density at radius 2 is 2.06 bits per heavy atom. The summed E-state index contributed by atoms with van der Waals surface area (Å²) in [7, 11) is -4.01. The van der Waals surface area contributed by atoms with Gasteiger partial charge in [0.05, 0.1) is 5.02 Å². The minimum Gasteiger partial charge on any atom is -0.368 e. The minimum absolute atomic E-state index is 0.0235. The number of nitrogens with one attached hydrogen (secondary N) is 1. The van der Waals surface area contributed by atoms with Crippen molar-refractivity contribution in [3.63, 3.8) is 0 Å². The van der Waals surface area contributed by atoms with Crippen LogP contribution in [0.1, 0.15) is 0 Å². The van der Waals surface area contributed by atoms with E-state index in [1.54, 1.807) is 4.89 Å². The van der Waals surface area contributed by atoms with E-state index in [0.717, 1.165) is 6.07 Å². The van der Waals surface area contributed by atoms with Crippen LogP contribution in [0.3, 0.4) is 0 Å². The molecule has 1 aromatic rings. The van der Waals surface area contributed by atoms with Crippen molar-refractivity contribution >= 4 is 39.1 Å². The molecule has 0 unspecified atom stereocenters. The molecule has 1 aromatic carbocycles. The average molecular weight is 299 g/mol. The highest BCUT2D eigenvalue weighted by Crippen LogP contribution is 2.24. The zero-order valence-electron chi connectivity index (χ0n) is 8.31. The Bertz CT molecular complexity index is 532. The van der Waals surface area contributed by atoms with E-state index >= 15 is 0 Å². The van der Waals surface area contributed by atoms with Crippen LogP contribution in [0.2, 0.25) is 10.0 Å². The van der Waals surface area contributed by atoms with Crippen molar-refractivity contribution in [2.24, 2.45) is 5.73 Å². The molecule has 0 atom stereocenters. The third kappa shape index (κ3) is 4.14. The Kier molecular flexibility index (Phi) is 4.72. The quantitative estimate of drug-likeness (QED) is 0.781. The predicted octanol–water partition coefficient (Wildman–Crippen LogP) is 0.689. The summed E-state index contributed by atoms with van der Waals surface area (Å²) in [5.74, 6) is -0.815. The summed E-state index contributed by atoms with van der Waals surface area (Å²) in [6.07, 6.45) is 0. The zero-order valence-corrected chi connectivity index (χ0v) is 10.6. The van der Waals surface area contributed by atoms with Crippen molar-refractivity contribution in [1.82, 2.24) is 4.89 Å². The van der Waals surface area contributed by atoms with E-state index in [-0.39, 0.29) is 14.9 Å². The lowest BCUT2D eigenvalue weighted by Crippen LogP contribution is -2.29. The highest BCUT2D eigenvalue weighted by atomic mass is 35.5. The van der Waals surface area contributed by atoms with Gasteiger partial charge < -0.3 is 5.73 Å². The van der Waals surface area contributed by atoms with Crippen molar-refractivity contribution in [1.29, 1.82) is 0 Å². The van der Waals surface area contributed by atoms with Crippen LogP contribution in [0, 0.1) is 0 Å². The number of sulfonamides is 1. The maximum atomic E-state index is 11.7. The van der Waals surface area contributed by atoms with E-state index in [0.29, 0.717) is 0 Å². The first-order valence-corrected chi connectivity index (χ1v) is 6.44. The van der Waals surface area contributed by atoms with Crippen LogP contribution in [0.25, 0.3) is 0 Å². The molecule has 9 heteroatoms. The average Bonchev–Trinajstić information content (AvgIpc) is 2.20. The molecule has 0 aromatic heterocycles. The summed E-state index contributed by atoms with van der Waals surface area (Å²) in [4.78, 5) is 16.2. The number of amides is 1. The number of nitrogens with two attached hydrogens (primary N) is 1. The first-order chi connectivity index (χ1) is 7.83. The fourth-order valence-electron chi connectivity index (χ4n) is 0.906. The van der Waals surface area contributed by atoms with Crippen molar-refractivity contribution in [2.75, 3.05) is 6.61 Å². The van der Waals surface area contributed by atoms with Gasteiger partial charge in [0.2, 0.25) is 5.91 Å². The minimum atomic E-state index is -4.01. The second-order valence-corrected chi connectivity index (χ2v) is 5.37. The smallest absolute Gasteiger partial charge is 0.264 e. The molecule has 94 valence electrons. The molecule has 0 aliphatic carbocycles. The Labute approximate surface area is 108 Å². The van der Waals surface area contributed by atoms with E-state index in [2.05, 4.69) is 4.84 Å². The summed E-state index contributed by atoms with van der Waals surface area (Å²) >= 11 is 11.3. The van der Waals surface area contributed by atoms with Gasteiger partial charge in [-0.15, -0.1) is 0 Å². The van der Waals surface area contributed by atoms with Gasteiger partial charge in [-0.05, 0) is 18.2 Å². The molecule has 0 spiro atoms. The molecule has 0 saturated carbocycles. The van der Waals surface area contributed by atoms with E-state index < -0.39 is 22.5 Å². The molecule has 6 nitrogen and oxygen atoms in total. The highest BCUT2D eigenvalue weighted by Gasteiger charge is 2.18. The Morgan fingerprint density at radius 1 is 1.41 bits per heavy atom. The van der Waals surface area contributed by atoms with Crippen LogP contribution >= 0.6 is 23.2 Å². The van der Waals surface area contributed by atoms with Gasteiger partial charge in [-0.25, -0.2) is 8.42 Å². The van der Waals surface area contributed by atoms with Crippen molar-refractivity contribution in [3.8, 4) is 0 Å². The molecule has 3 N–H and O–H groups in total. The lowest BCUT2D eigenvalue weighted by Gasteiger charge is -2.07. The van der Waals surface area contributed by atoms with Crippen LogP contribution < -0.4 is 10.6 Å². The molecule has 1 amide bonds. The first kappa shape index (κ1) is 14.2. The summed E-state index contributed by atoms with van der Waals surface area (Å²) in [6.45, 7) is -0.586. The van der Waals surface area contributed by atoms with Crippen LogP contribution in [0.5, 0.6) is 0 Å². The van der Waals surface area contributed by atoms with E-state index in [1.807, 2.05) is 0 Å². The number of hydrogen-bond donors (Lipinski definition) is 2. The van der Waals surface area contributed by atoms with E-state index in [9.17, 15) is 13.2 Å². The number of benzene rings is 1. The second-order valence-electron chi connectivity index (χ2n) is 2.92. The number of primary amides is 1. The molecule has 0 saturated heterocycles. The normalized spacial score (nSPS) is 11.4. The Morgan fingerprint density at radius 3 is 2.65 bits per heavy atom. The van der Waals surface area contributed by atoms with Gasteiger partial charge in [0.1, 0.15) is 11.5 Å². The van der Waals surface area contributed by atoms with Crippen molar-refractivity contribution < 1.29 is 18.0 Å². The monoisotopic (exact) mass is 298 g/mol. The first-order valence-electron chi connectivity index (χ1n) is 4.20. The maximum absolute atomic E-state index is 11.7. The predicted molar refractivity (Wildman–Crippen MR) is 61.9 cm³/mol. The van der Waals surface area contributed by atoms with Crippen molar-refractivity contribution in [2.45, 2.75) is 4.90 Å². The number of carbonyl (C=O) groups excluding carboxylic acids is 1. The second kappa shape index (κ2) is 5.65. The standard InChI is InChI=1S/C8H8Cl2N2O4S/c9-5-1-2-6(10)7(3-5)17(14,15)12-16-4-8(11)13/h1-3,12H,4H2,(H2,11,13). The fraction of sp³-hybridized carbons (Fsp3) is 0.125. The van der Waals surface area contributed by atoms with Crippen LogP contribution in [0.15, 0.2) is 23.1 Å². The Balaban J connectivity index is 2.89. The lowest BCUT2D eigenvalue weighted by atomic mass is 10.4. The summed E-state index contributed by atoms with van der Waals surface area (Å²) in [5, 5.41) is 0.175. The highest BCUT2D eigenvalue weighted by molar-refractivity contribution is 7.89. The van der Waals surface area contributed by atoms with Gasteiger partial charge in [-0.1, -0.05) is 28.1 Å². The molecule has 0 heterocycles. The van der Waals surface area contributed by atoms with Crippen molar-refractivity contribution in [3.05, 3.63) is 28.2 Å². The summed E-state index contributed by atoms with van der Waals surface area (Å²) < 4.78 is 23.3. The molecule has 1 rings (SSSR count). The number of hydrogen-bond acceptors (Lipinski definition) is 4.